The largest absolute Gasteiger partial charge is 0.381 e. The van der Waals surface area contributed by atoms with Gasteiger partial charge in [0.05, 0.1) is 6.61 Å². The van der Waals surface area contributed by atoms with E-state index in [-0.39, 0.29) is 24.0 Å². The number of hydrogen-bond acceptors (Lipinski definition) is 2. The third kappa shape index (κ3) is 4.45. The third-order valence-corrected chi connectivity index (χ3v) is 3.34. The Morgan fingerprint density at radius 2 is 2.12 bits per heavy atom. The smallest absolute Gasteiger partial charge is 0.188 e. The summed E-state index contributed by atoms with van der Waals surface area (Å²) in [5.74, 6) is 2.01. The van der Waals surface area contributed by atoms with Crippen LogP contribution in [0.4, 0.5) is 0 Å². The minimum Gasteiger partial charge on any atom is -0.381 e. The summed E-state index contributed by atoms with van der Waals surface area (Å²) >= 11 is 0. The second-order valence-corrected chi connectivity index (χ2v) is 4.63. The normalized spacial score (nSPS) is 26.0. The quantitative estimate of drug-likeness (QED) is 0.462. The first-order chi connectivity index (χ1) is 7.34. The van der Waals surface area contributed by atoms with Gasteiger partial charge < -0.3 is 15.8 Å². The molecule has 2 aliphatic rings. The summed E-state index contributed by atoms with van der Waals surface area (Å²) < 4.78 is 5.28. The molecule has 1 heterocycles. The first-order valence-electron chi connectivity index (χ1n) is 5.96. The molecule has 2 rings (SSSR count). The maximum atomic E-state index is 5.78. The standard InChI is InChI=1S/C11H21N3O.HI/c12-11(13-6-9-2-1-3-9)14-7-10-4-5-15-8-10;/h9-10H,1-8H2,(H3,12,13,14);1H. The molecular formula is C11H22IN3O. The number of aliphatic imine (C=N–C) groups is 1. The molecule has 0 radical (unpaired) electrons. The van der Waals surface area contributed by atoms with Crippen molar-refractivity contribution in [2.45, 2.75) is 25.7 Å². The molecule has 3 N–H and O–H groups in total. The fourth-order valence-corrected chi connectivity index (χ4v) is 1.96. The molecule has 0 bridgehead atoms. The maximum absolute atomic E-state index is 5.78. The summed E-state index contributed by atoms with van der Waals surface area (Å²) in [5.41, 5.74) is 5.78. The monoisotopic (exact) mass is 339 g/mol. The van der Waals surface area contributed by atoms with Crippen molar-refractivity contribution >= 4 is 29.9 Å². The number of nitrogens with zero attached hydrogens (tertiary/aromatic N) is 1. The zero-order valence-electron chi connectivity index (χ0n) is 9.65. The van der Waals surface area contributed by atoms with E-state index in [0.29, 0.717) is 11.9 Å². The van der Waals surface area contributed by atoms with Gasteiger partial charge in [0, 0.05) is 25.6 Å². The molecule has 16 heavy (non-hydrogen) atoms. The molecule has 1 aliphatic carbocycles. The van der Waals surface area contributed by atoms with Gasteiger partial charge in [0.1, 0.15) is 0 Å². The SMILES string of the molecule is I.NC(=NCC1CCOC1)NCC1CCC1. The van der Waals surface area contributed by atoms with Gasteiger partial charge in [0.25, 0.3) is 0 Å². The summed E-state index contributed by atoms with van der Waals surface area (Å²) in [4.78, 5) is 4.34. The predicted molar refractivity (Wildman–Crippen MR) is 76.2 cm³/mol. The van der Waals surface area contributed by atoms with Gasteiger partial charge in [-0.05, 0) is 25.2 Å². The molecule has 1 unspecified atom stereocenters. The Kier molecular flexibility index (Phi) is 6.41. The molecule has 1 saturated heterocycles. The maximum Gasteiger partial charge on any atom is 0.188 e. The summed E-state index contributed by atoms with van der Waals surface area (Å²) in [7, 11) is 0. The molecule has 2 fully saturated rings. The lowest BCUT2D eigenvalue weighted by molar-refractivity contribution is 0.187. The number of nitrogens with two attached hydrogens (primary N) is 1. The van der Waals surface area contributed by atoms with E-state index in [4.69, 9.17) is 10.5 Å². The molecule has 0 aromatic heterocycles. The Balaban J connectivity index is 0.00000128. The van der Waals surface area contributed by atoms with E-state index in [9.17, 15) is 0 Å². The fraction of sp³-hybridized carbons (Fsp3) is 0.909. The van der Waals surface area contributed by atoms with Crippen LogP contribution in [0.3, 0.4) is 0 Å². The van der Waals surface area contributed by atoms with Crippen molar-refractivity contribution < 1.29 is 4.74 Å². The molecular weight excluding hydrogens is 317 g/mol. The molecule has 94 valence electrons. The first-order valence-corrected chi connectivity index (χ1v) is 5.96. The fourth-order valence-electron chi connectivity index (χ4n) is 1.96. The number of rotatable bonds is 4. The number of hydrogen-bond donors (Lipinski definition) is 2. The van der Waals surface area contributed by atoms with Crippen molar-refractivity contribution in [1.29, 1.82) is 0 Å². The molecule has 4 nitrogen and oxygen atoms in total. The van der Waals surface area contributed by atoms with Gasteiger partial charge in [-0.1, -0.05) is 6.42 Å². The van der Waals surface area contributed by atoms with Gasteiger partial charge in [-0.2, -0.15) is 0 Å². The van der Waals surface area contributed by atoms with E-state index in [1.807, 2.05) is 0 Å². The van der Waals surface area contributed by atoms with Crippen molar-refractivity contribution in [2.75, 3.05) is 26.3 Å². The highest BCUT2D eigenvalue weighted by atomic mass is 127. The van der Waals surface area contributed by atoms with E-state index in [0.717, 1.165) is 38.6 Å². The summed E-state index contributed by atoms with van der Waals surface area (Å²) in [5, 5.41) is 3.20. The van der Waals surface area contributed by atoms with Crippen molar-refractivity contribution in [3.8, 4) is 0 Å². The van der Waals surface area contributed by atoms with E-state index < -0.39 is 0 Å². The minimum absolute atomic E-state index is 0. The van der Waals surface area contributed by atoms with Crippen LogP contribution in [0.15, 0.2) is 4.99 Å². The summed E-state index contributed by atoms with van der Waals surface area (Å²) in [6.45, 7) is 3.54. The molecule has 0 spiro atoms. The topological polar surface area (TPSA) is 59.6 Å². The highest BCUT2D eigenvalue weighted by Gasteiger charge is 2.17. The van der Waals surface area contributed by atoms with E-state index in [1.54, 1.807) is 0 Å². The first kappa shape index (κ1) is 14.0. The minimum atomic E-state index is 0. The van der Waals surface area contributed by atoms with Crippen LogP contribution in [-0.2, 0) is 4.74 Å². The molecule has 0 amide bonds. The number of guanidine groups is 1. The highest BCUT2D eigenvalue weighted by molar-refractivity contribution is 14.0. The van der Waals surface area contributed by atoms with Crippen LogP contribution < -0.4 is 11.1 Å². The lowest BCUT2D eigenvalue weighted by atomic mass is 9.85. The van der Waals surface area contributed by atoms with Crippen LogP contribution >= 0.6 is 24.0 Å². The Bertz CT molecular complexity index is 225. The van der Waals surface area contributed by atoms with Crippen molar-refractivity contribution in [3.63, 3.8) is 0 Å². The van der Waals surface area contributed by atoms with Crippen LogP contribution in [0, 0.1) is 11.8 Å². The van der Waals surface area contributed by atoms with Crippen LogP contribution in [0.25, 0.3) is 0 Å². The van der Waals surface area contributed by atoms with Crippen molar-refractivity contribution in [3.05, 3.63) is 0 Å². The zero-order valence-corrected chi connectivity index (χ0v) is 12.0. The predicted octanol–water partition coefficient (Wildman–Crippen LogP) is 1.35. The molecule has 5 heteroatoms. The van der Waals surface area contributed by atoms with Crippen LogP contribution in [0.1, 0.15) is 25.7 Å². The lowest BCUT2D eigenvalue weighted by Crippen LogP contribution is -2.37. The summed E-state index contributed by atoms with van der Waals surface area (Å²) in [6, 6.07) is 0. The molecule has 1 saturated carbocycles. The zero-order chi connectivity index (χ0) is 10.5. The van der Waals surface area contributed by atoms with Crippen molar-refractivity contribution in [2.24, 2.45) is 22.6 Å². The third-order valence-electron chi connectivity index (χ3n) is 3.34. The number of ether oxygens (including phenoxy) is 1. The van der Waals surface area contributed by atoms with Gasteiger partial charge in [-0.15, -0.1) is 24.0 Å². The number of halogens is 1. The molecule has 0 aromatic rings. The molecule has 1 atom stereocenters. The number of nitrogens with one attached hydrogen (secondary N) is 1. The molecule has 0 aromatic carbocycles. The van der Waals surface area contributed by atoms with Crippen LogP contribution in [-0.4, -0.2) is 32.3 Å². The highest BCUT2D eigenvalue weighted by Crippen LogP contribution is 2.24. The van der Waals surface area contributed by atoms with Crippen LogP contribution in [0.2, 0.25) is 0 Å². The average Bonchev–Trinajstić information content (AvgIpc) is 2.64. The lowest BCUT2D eigenvalue weighted by Gasteiger charge is -2.25. The van der Waals surface area contributed by atoms with Gasteiger partial charge in [-0.3, -0.25) is 4.99 Å². The van der Waals surface area contributed by atoms with E-state index in [2.05, 4.69) is 10.3 Å². The Morgan fingerprint density at radius 3 is 2.69 bits per heavy atom. The average molecular weight is 339 g/mol. The van der Waals surface area contributed by atoms with Gasteiger partial charge in [-0.25, -0.2) is 0 Å². The van der Waals surface area contributed by atoms with E-state index in [1.165, 1.54) is 19.3 Å². The second-order valence-electron chi connectivity index (χ2n) is 4.63. The van der Waals surface area contributed by atoms with Crippen LogP contribution in [0.5, 0.6) is 0 Å². The van der Waals surface area contributed by atoms with E-state index >= 15 is 0 Å². The second kappa shape index (κ2) is 7.32. The van der Waals surface area contributed by atoms with Gasteiger partial charge in [0.2, 0.25) is 0 Å². The molecule has 1 aliphatic heterocycles. The Hall–Kier alpha value is -0.0400. The Labute approximate surface area is 114 Å². The van der Waals surface area contributed by atoms with Crippen molar-refractivity contribution in [1.82, 2.24) is 5.32 Å². The Morgan fingerprint density at radius 1 is 1.31 bits per heavy atom. The van der Waals surface area contributed by atoms with Gasteiger partial charge in [0.15, 0.2) is 5.96 Å². The summed E-state index contributed by atoms with van der Waals surface area (Å²) in [6.07, 6.45) is 5.19. The van der Waals surface area contributed by atoms with Gasteiger partial charge >= 0.3 is 0 Å².